The molecule has 0 aromatic heterocycles. The van der Waals surface area contributed by atoms with E-state index in [9.17, 15) is 0 Å². The quantitative estimate of drug-likeness (QED) is 0.786. The maximum absolute atomic E-state index is 3.64. The van der Waals surface area contributed by atoms with Crippen molar-refractivity contribution in [3.63, 3.8) is 0 Å². The van der Waals surface area contributed by atoms with Gasteiger partial charge in [0, 0.05) is 24.8 Å². The van der Waals surface area contributed by atoms with Crippen molar-refractivity contribution in [1.82, 2.24) is 5.32 Å². The molecule has 0 radical (unpaired) electrons. The summed E-state index contributed by atoms with van der Waals surface area (Å²) in [7, 11) is 0. The van der Waals surface area contributed by atoms with Crippen LogP contribution >= 0.6 is 0 Å². The first-order valence-corrected chi connectivity index (χ1v) is 6.01. The van der Waals surface area contributed by atoms with Crippen LogP contribution in [0.2, 0.25) is 0 Å². The summed E-state index contributed by atoms with van der Waals surface area (Å²) in [6.07, 6.45) is 5.34. The predicted molar refractivity (Wildman–Crippen MR) is 63.1 cm³/mol. The van der Waals surface area contributed by atoms with Gasteiger partial charge < -0.3 is 10.6 Å². The molecule has 2 nitrogen and oxygen atoms in total. The molecule has 2 heteroatoms. The van der Waals surface area contributed by atoms with Crippen LogP contribution in [0, 0.1) is 0 Å². The van der Waals surface area contributed by atoms with Crippen LogP contribution in [-0.4, -0.2) is 12.6 Å². The molecule has 0 bridgehead atoms. The first-order valence-electron chi connectivity index (χ1n) is 6.01. The lowest BCUT2D eigenvalue weighted by Crippen LogP contribution is -2.34. The van der Waals surface area contributed by atoms with Gasteiger partial charge in [0.05, 0.1) is 0 Å². The molecule has 1 fully saturated rings. The molecule has 1 heterocycles. The fraction of sp³-hybridized carbons (Fsp3) is 0.538. The highest BCUT2D eigenvalue weighted by Gasteiger charge is 2.18. The molecule has 0 saturated heterocycles. The van der Waals surface area contributed by atoms with E-state index in [4.69, 9.17) is 0 Å². The van der Waals surface area contributed by atoms with E-state index in [0.29, 0.717) is 0 Å². The lowest BCUT2D eigenvalue weighted by atomic mass is 9.93. The monoisotopic (exact) mass is 202 g/mol. The van der Waals surface area contributed by atoms with E-state index in [1.54, 1.807) is 0 Å². The fourth-order valence-corrected chi connectivity index (χ4v) is 2.45. The Morgan fingerprint density at radius 3 is 3.07 bits per heavy atom. The summed E-state index contributed by atoms with van der Waals surface area (Å²) in [4.78, 5) is 0. The second-order valence-corrected chi connectivity index (χ2v) is 4.63. The van der Waals surface area contributed by atoms with Gasteiger partial charge in [0.1, 0.15) is 0 Å². The molecule has 80 valence electrons. The Morgan fingerprint density at radius 1 is 1.33 bits per heavy atom. The van der Waals surface area contributed by atoms with Crippen LogP contribution in [0.4, 0.5) is 5.69 Å². The van der Waals surface area contributed by atoms with Crippen molar-refractivity contribution in [3.05, 3.63) is 29.3 Å². The van der Waals surface area contributed by atoms with Crippen molar-refractivity contribution >= 4 is 5.69 Å². The van der Waals surface area contributed by atoms with E-state index in [1.807, 2.05) is 0 Å². The van der Waals surface area contributed by atoms with Crippen LogP contribution < -0.4 is 10.6 Å². The summed E-state index contributed by atoms with van der Waals surface area (Å²) in [5, 5.41) is 7.07. The number of hydrogen-bond donors (Lipinski definition) is 2. The van der Waals surface area contributed by atoms with Crippen molar-refractivity contribution in [3.8, 4) is 0 Å². The van der Waals surface area contributed by atoms with Gasteiger partial charge in [-0.15, -0.1) is 0 Å². The summed E-state index contributed by atoms with van der Waals surface area (Å²) >= 11 is 0. The molecule has 1 saturated carbocycles. The summed E-state index contributed by atoms with van der Waals surface area (Å²) in [6, 6.07) is 7.40. The largest absolute Gasteiger partial charge is 0.384 e. The van der Waals surface area contributed by atoms with E-state index in [2.05, 4.69) is 28.8 Å². The van der Waals surface area contributed by atoms with Crippen LogP contribution in [0.5, 0.6) is 0 Å². The molecule has 3 rings (SSSR count). The Balaban J connectivity index is 1.71. The minimum atomic E-state index is 0.787. The van der Waals surface area contributed by atoms with E-state index in [1.165, 1.54) is 42.5 Å². The minimum absolute atomic E-state index is 0.787. The van der Waals surface area contributed by atoms with E-state index >= 15 is 0 Å². The molecular weight excluding hydrogens is 184 g/mol. The lowest BCUT2D eigenvalue weighted by Gasteiger charge is -2.27. The molecule has 2 N–H and O–H groups in total. The third-order valence-electron chi connectivity index (χ3n) is 3.65. The Hall–Kier alpha value is -1.02. The van der Waals surface area contributed by atoms with Gasteiger partial charge in [-0.25, -0.2) is 0 Å². The SMILES string of the molecule is c1cc(CNC2CCC2)c2c(c1)NCC2. The van der Waals surface area contributed by atoms with Gasteiger partial charge >= 0.3 is 0 Å². The van der Waals surface area contributed by atoms with Crippen LogP contribution in [0.25, 0.3) is 0 Å². The van der Waals surface area contributed by atoms with E-state index in [0.717, 1.165) is 19.1 Å². The molecule has 0 spiro atoms. The van der Waals surface area contributed by atoms with Gasteiger partial charge in [-0.1, -0.05) is 18.6 Å². The molecule has 0 atom stereocenters. The smallest absolute Gasteiger partial charge is 0.0376 e. The van der Waals surface area contributed by atoms with Crippen molar-refractivity contribution in [2.45, 2.75) is 38.3 Å². The van der Waals surface area contributed by atoms with E-state index in [-0.39, 0.29) is 0 Å². The second-order valence-electron chi connectivity index (χ2n) is 4.63. The third-order valence-corrected chi connectivity index (χ3v) is 3.65. The Labute approximate surface area is 91.1 Å². The topological polar surface area (TPSA) is 24.1 Å². The number of nitrogens with one attached hydrogen (secondary N) is 2. The van der Waals surface area contributed by atoms with Crippen molar-refractivity contribution in [2.75, 3.05) is 11.9 Å². The predicted octanol–water partition coefficient (Wildman–Crippen LogP) is 2.30. The zero-order valence-electron chi connectivity index (χ0n) is 9.05. The van der Waals surface area contributed by atoms with Gasteiger partial charge in [-0.05, 0) is 36.5 Å². The number of fused-ring (bicyclic) bond motifs is 1. The van der Waals surface area contributed by atoms with Gasteiger partial charge in [0.15, 0.2) is 0 Å². The Bertz CT molecular complexity index is 356. The average Bonchev–Trinajstić information content (AvgIpc) is 2.63. The highest BCUT2D eigenvalue weighted by Crippen LogP contribution is 2.26. The molecule has 0 amide bonds. The molecule has 1 aliphatic carbocycles. The minimum Gasteiger partial charge on any atom is -0.384 e. The molecule has 15 heavy (non-hydrogen) atoms. The van der Waals surface area contributed by atoms with Gasteiger partial charge in [0.25, 0.3) is 0 Å². The van der Waals surface area contributed by atoms with Crippen LogP contribution in [-0.2, 0) is 13.0 Å². The first kappa shape index (κ1) is 9.22. The molecule has 0 unspecified atom stereocenters. The number of hydrogen-bond acceptors (Lipinski definition) is 2. The van der Waals surface area contributed by atoms with Crippen molar-refractivity contribution in [2.24, 2.45) is 0 Å². The fourth-order valence-electron chi connectivity index (χ4n) is 2.45. The van der Waals surface area contributed by atoms with Crippen LogP contribution in [0.15, 0.2) is 18.2 Å². The Morgan fingerprint density at radius 2 is 2.27 bits per heavy atom. The highest BCUT2D eigenvalue weighted by molar-refractivity contribution is 5.58. The first-order chi connectivity index (χ1) is 7.43. The molecule has 1 aliphatic heterocycles. The molecular formula is C13H18N2. The number of rotatable bonds is 3. The summed E-state index contributed by atoms with van der Waals surface area (Å²) < 4.78 is 0. The lowest BCUT2D eigenvalue weighted by molar-refractivity contribution is 0.338. The molecule has 1 aromatic rings. The zero-order valence-corrected chi connectivity index (χ0v) is 9.05. The molecule has 2 aliphatic rings. The normalized spacial score (nSPS) is 19.5. The van der Waals surface area contributed by atoms with E-state index < -0.39 is 0 Å². The van der Waals surface area contributed by atoms with Gasteiger partial charge in [0.2, 0.25) is 0 Å². The van der Waals surface area contributed by atoms with Crippen molar-refractivity contribution < 1.29 is 0 Å². The summed E-state index contributed by atoms with van der Waals surface area (Å²) in [6.45, 7) is 2.16. The average molecular weight is 202 g/mol. The zero-order chi connectivity index (χ0) is 10.1. The second kappa shape index (κ2) is 3.86. The number of benzene rings is 1. The maximum atomic E-state index is 3.64. The Kier molecular flexibility index (Phi) is 2.37. The summed E-state index contributed by atoms with van der Waals surface area (Å²) in [5.41, 5.74) is 4.37. The highest BCUT2D eigenvalue weighted by atomic mass is 14.9. The van der Waals surface area contributed by atoms with Crippen molar-refractivity contribution in [1.29, 1.82) is 0 Å². The van der Waals surface area contributed by atoms with Crippen LogP contribution in [0.3, 0.4) is 0 Å². The number of anilines is 1. The van der Waals surface area contributed by atoms with Gasteiger partial charge in [-0.2, -0.15) is 0 Å². The maximum Gasteiger partial charge on any atom is 0.0376 e. The standard InChI is InChI=1S/C13H18N2/c1-3-10(9-15-11-4-2-5-11)12-7-8-14-13(12)6-1/h1,3,6,11,14-15H,2,4-5,7-9H2. The molecule has 1 aromatic carbocycles. The van der Waals surface area contributed by atoms with Gasteiger partial charge in [-0.3, -0.25) is 0 Å². The summed E-state index contributed by atoms with van der Waals surface area (Å²) in [5.74, 6) is 0. The third kappa shape index (κ3) is 1.74. The van der Waals surface area contributed by atoms with Crippen LogP contribution in [0.1, 0.15) is 30.4 Å².